The van der Waals surface area contributed by atoms with Gasteiger partial charge in [-0.3, -0.25) is 0 Å². The number of benzene rings is 1. The SMILES string of the molecule is CCCCCC1CCC(C2(F)C=CC(c3cccc(F)c3)=CC2)CC1. The molecule has 1 aromatic carbocycles. The molecule has 0 heterocycles. The van der Waals surface area contributed by atoms with Crippen molar-refractivity contribution in [3.8, 4) is 0 Å². The first-order valence-electron chi connectivity index (χ1n) is 9.95. The fraction of sp³-hybridized carbons (Fsp3) is 0.565. The van der Waals surface area contributed by atoms with Crippen LogP contribution >= 0.6 is 0 Å². The summed E-state index contributed by atoms with van der Waals surface area (Å²) in [5.74, 6) is 0.694. The zero-order valence-corrected chi connectivity index (χ0v) is 15.3. The van der Waals surface area contributed by atoms with Gasteiger partial charge in [-0.15, -0.1) is 0 Å². The molecular weight excluding hydrogens is 314 g/mol. The van der Waals surface area contributed by atoms with Crippen molar-refractivity contribution in [1.82, 2.24) is 0 Å². The van der Waals surface area contributed by atoms with Gasteiger partial charge in [0, 0.05) is 6.42 Å². The molecule has 1 saturated carbocycles. The molecule has 1 aromatic rings. The molecule has 0 aromatic heterocycles. The highest BCUT2D eigenvalue weighted by Gasteiger charge is 2.39. The Morgan fingerprint density at radius 3 is 2.56 bits per heavy atom. The third-order valence-corrected chi connectivity index (χ3v) is 6.07. The van der Waals surface area contributed by atoms with Gasteiger partial charge in [-0.25, -0.2) is 8.78 Å². The van der Waals surface area contributed by atoms with Gasteiger partial charge in [-0.2, -0.15) is 0 Å². The first kappa shape index (κ1) is 18.4. The van der Waals surface area contributed by atoms with E-state index >= 15 is 4.39 Å². The van der Waals surface area contributed by atoms with Gasteiger partial charge in [-0.05, 0) is 54.0 Å². The van der Waals surface area contributed by atoms with Crippen molar-refractivity contribution in [2.45, 2.75) is 70.4 Å². The average Bonchev–Trinajstić information content (AvgIpc) is 2.63. The van der Waals surface area contributed by atoms with Crippen LogP contribution in [0.4, 0.5) is 8.78 Å². The predicted octanol–water partition coefficient (Wildman–Crippen LogP) is 7.26. The largest absolute Gasteiger partial charge is 0.239 e. The van der Waals surface area contributed by atoms with Crippen LogP contribution in [0.3, 0.4) is 0 Å². The maximum Gasteiger partial charge on any atom is 0.135 e. The summed E-state index contributed by atoms with van der Waals surface area (Å²) in [4.78, 5) is 0. The van der Waals surface area contributed by atoms with Crippen molar-refractivity contribution >= 4 is 5.57 Å². The summed E-state index contributed by atoms with van der Waals surface area (Å²) in [6.07, 6.45) is 15.6. The van der Waals surface area contributed by atoms with Gasteiger partial charge >= 0.3 is 0 Å². The topological polar surface area (TPSA) is 0 Å². The van der Waals surface area contributed by atoms with E-state index in [4.69, 9.17) is 0 Å². The Labute approximate surface area is 151 Å². The van der Waals surface area contributed by atoms with Crippen molar-refractivity contribution < 1.29 is 8.78 Å². The number of hydrogen-bond donors (Lipinski definition) is 0. The Morgan fingerprint density at radius 2 is 1.92 bits per heavy atom. The second-order valence-electron chi connectivity index (χ2n) is 7.85. The van der Waals surface area contributed by atoms with E-state index in [1.54, 1.807) is 12.1 Å². The number of halogens is 2. The van der Waals surface area contributed by atoms with E-state index in [1.165, 1.54) is 50.7 Å². The van der Waals surface area contributed by atoms with E-state index in [2.05, 4.69) is 6.92 Å². The van der Waals surface area contributed by atoms with Crippen LogP contribution in [-0.4, -0.2) is 5.67 Å². The van der Waals surface area contributed by atoms with E-state index in [9.17, 15) is 4.39 Å². The highest BCUT2D eigenvalue weighted by atomic mass is 19.1. The maximum absolute atomic E-state index is 15.5. The fourth-order valence-electron chi connectivity index (χ4n) is 4.43. The second-order valence-corrected chi connectivity index (χ2v) is 7.85. The Hall–Kier alpha value is -1.44. The molecule has 0 saturated heterocycles. The molecule has 2 aliphatic carbocycles. The van der Waals surface area contributed by atoms with Crippen molar-refractivity contribution in [3.05, 3.63) is 53.9 Å². The normalized spacial score (nSPS) is 29.5. The second kappa shape index (κ2) is 8.29. The molecule has 0 N–H and O–H groups in total. The highest BCUT2D eigenvalue weighted by molar-refractivity contribution is 5.75. The number of rotatable bonds is 6. The van der Waals surface area contributed by atoms with Crippen LogP contribution in [-0.2, 0) is 0 Å². The molecule has 0 nitrogen and oxygen atoms in total. The van der Waals surface area contributed by atoms with Gasteiger partial charge < -0.3 is 0 Å². The molecule has 25 heavy (non-hydrogen) atoms. The monoisotopic (exact) mass is 344 g/mol. The van der Waals surface area contributed by atoms with Gasteiger partial charge in [0.2, 0.25) is 0 Å². The summed E-state index contributed by atoms with van der Waals surface area (Å²) in [7, 11) is 0. The van der Waals surface area contributed by atoms with Crippen molar-refractivity contribution in [2.75, 3.05) is 0 Å². The number of hydrogen-bond acceptors (Lipinski definition) is 0. The zero-order valence-electron chi connectivity index (χ0n) is 15.3. The average molecular weight is 344 g/mol. The van der Waals surface area contributed by atoms with Gasteiger partial charge in [-0.1, -0.05) is 69.7 Å². The summed E-state index contributed by atoms with van der Waals surface area (Å²) in [6, 6.07) is 6.54. The molecule has 3 rings (SSSR count). The van der Waals surface area contributed by atoms with E-state index in [0.29, 0.717) is 6.42 Å². The van der Waals surface area contributed by atoms with E-state index in [-0.39, 0.29) is 11.7 Å². The first-order valence-corrected chi connectivity index (χ1v) is 9.95. The third-order valence-electron chi connectivity index (χ3n) is 6.07. The lowest BCUT2D eigenvalue weighted by atomic mass is 9.70. The quantitative estimate of drug-likeness (QED) is 0.476. The van der Waals surface area contributed by atoms with Crippen LogP contribution < -0.4 is 0 Å². The summed E-state index contributed by atoms with van der Waals surface area (Å²) >= 11 is 0. The lowest BCUT2D eigenvalue weighted by Gasteiger charge is -2.38. The lowest BCUT2D eigenvalue weighted by molar-refractivity contribution is 0.0890. The van der Waals surface area contributed by atoms with Crippen LogP contribution in [0.5, 0.6) is 0 Å². The molecule has 0 radical (unpaired) electrons. The Balaban J connectivity index is 1.55. The molecule has 1 atom stereocenters. The minimum atomic E-state index is -1.22. The number of allylic oxidation sites excluding steroid dienone is 4. The molecule has 0 aliphatic heterocycles. The van der Waals surface area contributed by atoms with Gasteiger partial charge in [0.15, 0.2) is 0 Å². The van der Waals surface area contributed by atoms with E-state index in [0.717, 1.165) is 29.9 Å². The number of unbranched alkanes of at least 4 members (excludes halogenated alkanes) is 2. The molecule has 2 aliphatic rings. The third kappa shape index (κ3) is 4.59. The molecular formula is C23H30F2. The first-order chi connectivity index (χ1) is 12.1. The van der Waals surface area contributed by atoms with Crippen molar-refractivity contribution in [1.29, 1.82) is 0 Å². The molecule has 136 valence electrons. The molecule has 2 heteroatoms. The Bertz CT molecular complexity index is 623. The van der Waals surface area contributed by atoms with Crippen LogP contribution in [0.1, 0.15) is 70.3 Å². The van der Waals surface area contributed by atoms with Crippen molar-refractivity contribution in [3.63, 3.8) is 0 Å². The molecule has 1 fully saturated rings. The lowest BCUT2D eigenvalue weighted by Crippen LogP contribution is -2.34. The minimum Gasteiger partial charge on any atom is -0.239 e. The fourth-order valence-corrected chi connectivity index (χ4v) is 4.43. The van der Waals surface area contributed by atoms with Crippen LogP contribution in [0.2, 0.25) is 0 Å². The van der Waals surface area contributed by atoms with E-state index in [1.807, 2.05) is 18.2 Å². The molecule has 1 unspecified atom stereocenters. The standard InChI is InChI=1S/C23H30F2/c1-2-3-4-6-18-9-11-21(12-10-18)23(25)15-13-19(14-16-23)20-7-5-8-22(24)17-20/h5,7-8,13-15,17-18,21H,2-4,6,9-12,16H2,1H3. The molecule has 0 bridgehead atoms. The zero-order chi connectivity index (χ0) is 17.7. The summed E-state index contributed by atoms with van der Waals surface area (Å²) in [5, 5.41) is 0. The Kier molecular flexibility index (Phi) is 6.09. The smallest absolute Gasteiger partial charge is 0.135 e. The van der Waals surface area contributed by atoms with Crippen LogP contribution in [0.25, 0.3) is 5.57 Å². The van der Waals surface area contributed by atoms with E-state index < -0.39 is 5.67 Å². The van der Waals surface area contributed by atoms with Crippen molar-refractivity contribution in [2.24, 2.45) is 11.8 Å². The minimum absolute atomic E-state index is 0.136. The van der Waals surface area contributed by atoms with Crippen LogP contribution in [0, 0.1) is 17.7 Å². The van der Waals surface area contributed by atoms with Gasteiger partial charge in [0.05, 0.1) is 0 Å². The molecule has 0 spiro atoms. The van der Waals surface area contributed by atoms with Crippen LogP contribution in [0.15, 0.2) is 42.5 Å². The molecule has 0 amide bonds. The maximum atomic E-state index is 15.5. The predicted molar refractivity (Wildman–Crippen MR) is 102 cm³/mol. The Morgan fingerprint density at radius 1 is 1.12 bits per heavy atom. The summed E-state index contributed by atoms with van der Waals surface area (Å²) in [5.41, 5.74) is 0.546. The summed E-state index contributed by atoms with van der Waals surface area (Å²) in [6.45, 7) is 2.24. The van der Waals surface area contributed by atoms with Gasteiger partial charge in [0.25, 0.3) is 0 Å². The summed E-state index contributed by atoms with van der Waals surface area (Å²) < 4.78 is 28.8. The highest BCUT2D eigenvalue weighted by Crippen LogP contribution is 2.44. The number of alkyl halides is 1. The van der Waals surface area contributed by atoms with Gasteiger partial charge in [0.1, 0.15) is 11.5 Å².